The molecule has 1 N–H and O–H groups in total. The predicted molar refractivity (Wildman–Crippen MR) is 73.2 cm³/mol. The zero-order valence-corrected chi connectivity index (χ0v) is 11.4. The molecule has 1 aliphatic carbocycles. The summed E-state index contributed by atoms with van der Waals surface area (Å²) in [4.78, 5) is 17.0. The molecule has 0 radical (unpaired) electrons. The highest BCUT2D eigenvalue weighted by Gasteiger charge is 2.26. The van der Waals surface area contributed by atoms with E-state index >= 15 is 0 Å². The van der Waals surface area contributed by atoms with E-state index < -0.39 is 0 Å². The Bertz CT molecular complexity index is 438. The van der Waals surface area contributed by atoms with Crippen LogP contribution in [-0.2, 0) is 11.2 Å². The van der Waals surface area contributed by atoms with Crippen molar-refractivity contribution < 1.29 is 4.79 Å². The van der Waals surface area contributed by atoms with Gasteiger partial charge in [0.2, 0.25) is 5.91 Å². The molecule has 4 nitrogen and oxygen atoms in total. The number of rotatable bonds is 4. The van der Waals surface area contributed by atoms with Crippen LogP contribution in [0.15, 0.2) is 18.5 Å². The van der Waals surface area contributed by atoms with Crippen LogP contribution in [0.2, 0.25) is 0 Å². The van der Waals surface area contributed by atoms with Crippen molar-refractivity contribution in [1.29, 1.82) is 5.26 Å². The third-order valence-corrected chi connectivity index (χ3v) is 4.16. The molecule has 0 spiro atoms. The van der Waals surface area contributed by atoms with E-state index in [9.17, 15) is 4.79 Å². The van der Waals surface area contributed by atoms with Gasteiger partial charge in [-0.2, -0.15) is 5.26 Å². The normalized spacial score (nSPS) is 22.7. The van der Waals surface area contributed by atoms with Gasteiger partial charge in [0.15, 0.2) is 0 Å². The fraction of sp³-hybridized carbons (Fsp3) is 0.600. The third-order valence-electron chi connectivity index (χ3n) is 4.16. The lowest BCUT2D eigenvalue weighted by Gasteiger charge is -2.34. The van der Waals surface area contributed by atoms with Crippen LogP contribution in [0.3, 0.4) is 0 Å². The van der Waals surface area contributed by atoms with E-state index in [0.717, 1.165) is 31.2 Å². The van der Waals surface area contributed by atoms with Crippen molar-refractivity contribution in [2.75, 3.05) is 7.05 Å². The quantitative estimate of drug-likeness (QED) is 0.903. The van der Waals surface area contributed by atoms with Crippen molar-refractivity contribution in [3.8, 4) is 6.07 Å². The first kappa shape index (κ1) is 13.7. The molecule has 0 aliphatic heterocycles. The summed E-state index contributed by atoms with van der Waals surface area (Å²) in [6, 6.07) is 4.54. The maximum atomic E-state index is 12.2. The molecule has 2 rings (SSSR count). The predicted octanol–water partition coefficient (Wildman–Crippen LogP) is 2.49. The Hall–Kier alpha value is -1.76. The van der Waals surface area contributed by atoms with E-state index in [-0.39, 0.29) is 5.91 Å². The van der Waals surface area contributed by atoms with Crippen LogP contribution in [0.25, 0.3) is 0 Å². The Morgan fingerprint density at radius 2 is 2.21 bits per heavy atom. The van der Waals surface area contributed by atoms with Gasteiger partial charge in [0, 0.05) is 31.9 Å². The van der Waals surface area contributed by atoms with E-state index in [4.69, 9.17) is 5.26 Å². The summed E-state index contributed by atoms with van der Waals surface area (Å²) < 4.78 is 0. The summed E-state index contributed by atoms with van der Waals surface area (Å²) in [5.74, 6) is 0.720. The fourth-order valence-corrected chi connectivity index (χ4v) is 2.84. The van der Waals surface area contributed by atoms with Crippen molar-refractivity contribution in [2.24, 2.45) is 5.92 Å². The molecule has 0 aromatic carbocycles. The van der Waals surface area contributed by atoms with Gasteiger partial charge in [-0.15, -0.1) is 0 Å². The number of aromatic nitrogens is 1. The van der Waals surface area contributed by atoms with Gasteiger partial charge in [-0.25, -0.2) is 0 Å². The van der Waals surface area contributed by atoms with Gasteiger partial charge in [0.05, 0.1) is 12.5 Å². The van der Waals surface area contributed by atoms with Gasteiger partial charge >= 0.3 is 0 Å². The molecule has 1 aromatic rings. The number of carbonyl (C=O) groups excluding carboxylic acids is 1. The van der Waals surface area contributed by atoms with E-state index in [1.54, 1.807) is 0 Å². The van der Waals surface area contributed by atoms with Crippen LogP contribution in [0, 0.1) is 17.2 Å². The Kier molecular flexibility index (Phi) is 4.62. The highest BCUT2D eigenvalue weighted by Crippen LogP contribution is 2.29. The maximum Gasteiger partial charge on any atom is 0.227 e. The number of nitrogens with one attached hydrogen (secondary N) is 1. The molecule has 1 aliphatic rings. The molecule has 4 heteroatoms. The number of likely N-dealkylation sites (N-methyl/N-ethyl adjacent to an activating group) is 1. The Balaban J connectivity index is 1.82. The Morgan fingerprint density at radius 3 is 2.79 bits per heavy atom. The van der Waals surface area contributed by atoms with Gasteiger partial charge in [0.1, 0.15) is 0 Å². The van der Waals surface area contributed by atoms with Crippen LogP contribution < -0.4 is 0 Å². The molecule has 0 atom stereocenters. The summed E-state index contributed by atoms with van der Waals surface area (Å²) in [6.07, 6.45) is 9.04. The topological polar surface area (TPSA) is 59.9 Å². The Labute approximate surface area is 114 Å². The standard InChI is InChI=1S/C15H21N3O/c1-18(15(19)10-13-7-9-17-11-13)14-4-2-12(3-5-14)6-8-16/h7,9,11-12,14,17H,2-6,10H2,1H3. The zero-order valence-electron chi connectivity index (χ0n) is 11.4. The van der Waals surface area contributed by atoms with Gasteiger partial charge in [-0.3, -0.25) is 4.79 Å². The number of amides is 1. The molecule has 1 saturated carbocycles. The highest BCUT2D eigenvalue weighted by atomic mass is 16.2. The lowest BCUT2D eigenvalue weighted by atomic mass is 9.84. The van der Waals surface area contributed by atoms with E-state index in [1.165, 1.54) is 0 Å². The maximum absolute atomic E-state index is 12.2. The van der Waals surface area contributed by atoms with E-state index in [0.29, 0.717) is 24.8 Å². The summed E-state index contributed by atoms with van der Waals surface area (Å²) in [5.41, 5.74) is 1.04. The first-order valence-electron chi connectivity index (χ1n) is 6.95. The van der Waals surface area contributed by atoms with Gasteiger partial charge in [-0.1, -0.05) is 0 Å². The fourth-order valence-electron chi connectivity index (χ4n) is 2.84. The smallest absolute Gasteiger partial charge is 0.227 e. The number of nitrogens with zero attached hydrogens (tertiary/aromatic N) is 2. The third kappa shape index (κ3) is 3.60. The second-order valence-electron chi connectivity index (χ2n) is 5.44. The summed E-state index contributed by atoms with van der Waals surface area (Å²) in [5, 5.41) is 8.71. The van der Waals surface area contributed by atoms with Crippen molar-refractivity contribution in [3.05, 3.63) is 24.0 Å². The molecule has 0 bridgehead atoms. The minimum absolute atomic E-state index is 0.184. The molecule has 1 fully saturated rings. The lowest BCUT2D eigenvalue weighted by molar-refractivity contribution is -0.132. The van der Waals surface area contributed by atoms with Crippen LogP contribution in [0.1, 0.15) is 37.7 Å². The molecule has 1 amide bonds. The molecule has 102 valence electrons. The SMILES string of the molecule is CN(C(=O)Cc1cc[nH]c1)C1CCC(CC#N)CC1. The van der Waals surface area contributed by atoms with Crippen molar-refractivity contribution in [1.82, 2.24) is 9.88 Å². The van der Waals surface area contributed by atoms with Gasteiger partial charge in [-0.05, 0) is 43.2 Å². The average Bonchev–Trinajstić information content (AvgIpc) is 2.92. The van der Waals surface area contributed by atoms with Crippen molar-refractivity contribution in [3.63, 3.8) is 0 Å². The lowest BCUT2D eigenvalue weighted by Crippen LogP contribution is -2.40. The number of carbonyl (C=O) groups is 1. The molecule has 19 heavy (non-hydrogen) atoms. The summed E-state index contributed by atoms with van der Waals surface area (Å²) in [6.45, 7) is 0. The molecule has 0 saturated heterocycles. The minimum Gasteiger partial charge on any atom is -0.367 e. The minimum atomic E-state index is 0.184. The van der Waals surface area contributed by atoms with Crippen LogP contribution >= 0.6 is 0 Å². The second kappa shape index (κ2) is 6.42. The number of H-pyrrole nitrogens is 1. The monoisotopic (exact) mass is 259 g/mol. The average molecular weight is 259 g/mol. The van der Waals surface area contributed by atoms with Gasteiger partial charge < -0.3 is 9.88 Å². The molecule has 1 aromatic heterocycles. The number of aromatic amines is 1. The number of nitriles is 1. The Morgan fingerprint density at radius 1 is 1.47 bits per heavy atom. The largest absolute Gasteiger partial charge is 0.367 e. The van der Waals surface area contributed by atoms with E-state index in [1.807, 2.05) is 30.4 Å². The van der Waals surface area contributed by atoms with Crippen LogP contribution in [0.5, 0.6) is 0 Å². The first-order valence-corrected chi connectivity index (χ1v) is 6.95. The van der Waals surface area contributed by atoms with E-state index in [2.05, 4.69) is 11.1 Å². The molecule has 1 heterocycles. The van der Waals surface area contributed by atoms with Crippen molar-refractivity contribution >= 4 is 5.91 Å². The van der Waals surface area contributed by atoms with Crippen LogP contribution in [-0.4, -0.2) is 28.9 Å². The first-order chi connectivity index (χ1) is 9.20. The molecule has 0 unspecified atom stereocenters. The second-order valence-corrected chi connectivity index (χ2v) is 5.44. The number of hydrogen-bond donors (Lipinski definition) is 1. The highest BCUT2D eigenvalue weighted by molar-refractivity contribution is 5.78. The number of hydrogen-bond acceptors (Lipinski definition) is 2. The molecular formula is C15H21N3O. The van der Waals surface area contributed by atoms with Crippen LogP contribution in [0.4, 0.5) is 0 Å². The summed E-state index contributed by atoms with van der Waals surface area (Å²) >= 11 is 0. The summed E-state index contributed by atoms with van der Waals surface area (Å²) in [7, 11) is 1.91. The zero-order chi connectivity index (χ0) is 13.7. The van der Waals surface area contributed by atoms with Gasteiger partial charge in [0.25, 0.3) is 0 Å². The van der Waals surface area contributed by atoms with Crippen molar-refractivity contribution in [2.45, 2.75) is 44.6 Å². The molecular weight excluding hydrogens is 238 g/mol.